The number of hydrogen-bond acceptors (Lipinski definition) is 6. The molecule has 0 saturated carbocycles. The number of piperazine rings is 1. The summed E-state index contributed by atoms with van der Waals surface area (Å²) in [7, 11) is 1.60. The van der Waals surface area contributed by atoms with Gasteiger partial charge in [0.15, 0.2) is 0 Å². The van der Waals surface area contributed by atoms with Crippen molar-refractivity contribution in [2.75, 3.05) is 38.1 Å². The highest BCUT2D eigenvalue weighted by Crippen LogP contribution is 2.27. The molecule has 0 radical (unpaired) electrons. The lowest BCUT2D eigenvalue weighted by Crippen LogP contribution is -2.46. The molecule has 0 spiro atoms. The average molecular weight is 462 g/mol. The van der Waals surface area contributed by atoms with E-state index in [0.29, 0.717) is 16.7 Å². The van der Waals surface area contributed by atoms with Crippen LogP contribution in [0.4, 0.5) is 11.4 Å². The molecule has 1 fully saturated rings. The van der Waals surface area contributed by atoms with Gasteiger partial charge in [-0.1, -0.05) is 6.07 Å². The highest BCUT2D eigenvalue weighted by molar-refractivity contribution is 9.10. The van der Waals surface area contributed by atoms with Gasteiger partial charge in [0.1, 0.15) is 5.69 Å². The maximum atomic E-state index is 11.9. The Morgan fingerprint density at radius 1 is 1.24 bits per heavy atom. The molecule has 2 heterocycles. The molecule has 29 heavy (non-hydrogen) atoms. The topological polar surface area (TPSA) is 91.6 Å². The Labute approximate surface area is 178 Å². The number of amides is 1. The van der Waals surface area contributed by atoms with Gasteiger partial charge in [0.25, 0.3) is 11.6 Å². The summed E-state index contributed by atoms with van der Waals surface area (Å²) in [6.07, 6.45) is 0. The van der Waals surface area contributed by atoms with E-state index in [4.69, 9.17) is 0 Å². The minimum atomic E-state index is -0.369. The number of carbonyl (C=O) groups excluding carboxylic acids is 1. The van der Waals surface area contributed by atoms with Gasteiger partial charge < -0.3 is 10.2 Å². The molecule has 8 nitrogen and oxygen atoms in total. The van der Waals surface area contributed by atoms with E-state index in [2.05, 4.69) is 36.0 Å². The Bertz CT molecular complexity index is 942. The Hall–Kier alpha value is -2.52. The van der Waals surface area contributed by atoms with Crippen molar-refractivity contribution in [1.29, 1.82) is 0 Å². The second kappa shape index (κ2) is 8.87. The van der Waals surface area contributed by atoms with Gasteiger partial charge in [-0.2, -0.15) is 0 Å². The summed E-state index contributed by atoms with van der Waals surface area (Å²) in [5.74, 6) is -0.175. The minimum absolute atomic E-state index is 0.0921. The van der Waals surface area contributed by atoms with Crippen molar-refractivity contribution < 1.29 is 9.72 Å². The quantitative estimate of drug-likeness (QED) is 0.543. The van der Waals surface area contributed by atoms with E-state index >= 15 is 0 Å². The van der Waals surface area contributed by atoms with Crippen LogP contribution in [0.3, 0.4) is 0 Å². The van der Waals surface area contributed by atoms with Crippen LogP contribution in [0, 0.1) is 24.0 Å². The molecule has 1 aromatic carbocycles. The van der Waals surface area contributed by atoms with Gasteiger partial charge in [0, 0.05) is 45.8 Å². The summed E-state index contributed by atoms with van der Waals surface area (Å²) in [4.78, 5) is 31.8. The van der Waals surface area contributed by atoms with Crippen LogP contribution in [-0.4, -0.2) is 53.9 Å². The van der Waals surface area contributed by atoms with Crippen LogP contribution in [0.25, 0.3) is 0 Å². The fourth-order valence-electron chi connectivity index (χ4n) is 3.56. The summed E-state index contributed by atoms with van der Waals surface area (Å²) < 4.78 is 0.495. The average Bonchev–Trinajstić information content (AvgIpc) is 2.70. The standard InChI is InChI=1S/C20H24BrN5O3/c1-13-10-17(14(2)23-19(13)20(27)22-3)25-8-6-24(7-9-25)12-15-4-5-16(21)18(11-15)26(28)29/h4-5,10-11H,6-9,12H2,1-3H3,(H,22,27). The SMILES string of the molecule is CNC(=O)c1nc(C)c(N2CCN(Cc3ccc(Br)c([N+](=O)[O-])c3)CC2)cc1C. The third-order valence-corrected chi connectivity index (χ3v) is 5.82. The van der Waals surface area contributed by atoms with Crippen molar-refractivity contribution >= 4 is 33.2 Å². The first-order chi connectivity index (χ1) is 13.8. The molecule has 1 aliphatic heterocycles. The number of rotatable bonds is 5. The maximum absolute atomic E-state index is 11.9. The van der Waals surface area contributed by atoms with E-state index in [1.165, 1.54) is 0 Å². The summed E-state index contributed by atoms with van der Waals surface area (Å²) in [5, 5.41) is 13.8. The molecular formula is C20H24BrN5O3. The number of nitro benzene ring substituents is 1. The van der Waals surface area contributed by atoms with E-state index in [-0.39, 0.29) is 16.5 Å². The summed E-state index contributed by atoms with van der Waals surface area (Å²) in [6, 6.07) is 7.31. The number of pyridine rings is 1. The number of anilines is 1. The normalized spacial score (nSPS) is 14.7. The van der Waals surface area contributed by atoms with Crippen molar-refractivity contribution in [2.24, 2.45) is 0 Å². The summed E-state index contributed by atoms with van der Waals surface area (Å²) in [5.41, 5.74) is 4.23. The van der Waals surface area contributed by atoms with Gasteiger partial charge in [0.05, 0.1) is 20.8 Å². The lowest BCUT2D eigenvalue weighted by molar-refractivity contribution is -0.385. The zero-order chi connectivity index (χ0) is 21.1. The van der Waals surface area contributed by atoms with Crippen LogP contribution in [0.5, 0.6) is 0 Å². The second-order valence-corrected chi connectivity index (χ2v) is 8.00. The first kappa shape index (κ1) is 21.2. The van der Waals surface area contributed by atoms with Gasteiger partial charge in [0.2, 0.25) is 0 Å². The number of benzene rings is 1. The number of carbonyl (C=O) groups is 1. The van der Waals surface area contributed by atoms with E-state index in [0.717, 1.165) is 48.7 Å². The van der Waals surface area contributed by atoms with Crippen molar-refractivity contribution in [1.82, 2.24) is 15.2 Å². The van der Waals surface area contributed by atoms with Crippen LogP contribution in [0.15, 0.2) is 28.7 Å². The van der Waals surface area contributed by atoms with Crippen LogP contribution in [0.1, 0.15) is 27.3 Å². The second-order valence-electron chi connectivity index (χ2n) is 7.14. The fourth-order valence-corrected chi connectivity index (χ4v) is 3.95. The van der Waals surface area contributed by atoms with Crippen LogP contribution in [0.2, 0.25) is 0 Å². The molecule has 1 aromatic heterocycles. The molecule has 1 amide bonds. The Kier molecular flexibility index (Phi) is 6.49. The molecule has 2 aromatic rings. The highest BCUT2D eigenvalue weighted by atomic mass is 79.9. The third kappa shape index (κ3) is 4.73. The Morgan fingerprint density at radius 2 is 1.93 bits per heavy atom. The first-order valence-corrected chi connectivity index (χ1v) is 10.2. The number of aryl methyl sites for hydroxylation is 2. The smallest absolute Gasteiger partial charge is 0.283 e. The maximum Gasteiger partial charge on any atom is 0.283 e. The van der Waals surface area contributed by atoms with E-state index in [1.54, 1.807) is 19.2 Å². The number of halogens is 1. The van der Waals surface area contributed by atoms with Gasteiger partial charge in [-0.3, -0.25) is 19.8 Å². The van der Waals surface area contributed by atoms with E-state index in [9.17, 15) is 14.9 Å². The number of nitro groups is 1. The monoisotopic (exact) mass is 461 g/mol. The Morgan fingerprint density at radius 3 is 2.55 bits per heavy atom. The lowest BCUT2D eigenvalue weighted by Gasteiger charge is -2.36. The zero-order valence-corrected chi connectivity index (χ0v) is 18.3. The lowest BCUT2D eigenvalue weighted by atomic mass is 10.1. The summed E-state index contributed by atoms with van der Waals surface area (Å²) in [6.45, 7) is 7.86. The predicted octanol–water partition coefficient (Wildman–Crippen LogP) is 3.05. The van der Waals surface area contributed by atoms with E-state index < -0.39 is 0 Å². The molecule has 0 atom stereocenters. The molecule has 1 aliphatic rings. The molecule has 0 aliphatic carbocycles. The zero-order valence-electron chi connectivity index (χ0n) is 16.7. The number of nitrogens with one attached hydrogen (secondary N) is 1. The van der Waals surface area contributed by atoms with Crippen molar-refractivity contribution in [2.45, 2.75) is 20.4 Å². The highest BCUT2D eigenvalue weighted by Gasteiger charge is 2.22. The molecule has 0 unspecified atom stereocenters. The molecule has 154 valence electrons. The van der Waals surface area contributed by atoms with Gasteiger partial charge >= 0.3 is 0 Å². The van der Waals surface area contributed by atoms with E-state index in [1.807, 2.05) is 26.0 Å². The summed E-state index contributed by atoms with van der Waals surface area (Å²) >= 11 is 3.23. The molecule has 9 heteroatoms. The number of nitrogens with zero attached hydrogens (tertiary/aromatic N) is 4. The molecule has 1 saturated heterocycles. The van der Waals surface area contributed by atoms with Crippen LogP contribution in [-0.2, 0) is 6.54 Å². The molecule has 0 bridgehead atoms. The van der Waals surface area contributed by atoms with Gasteiger partial charge in [-0.25, -0.2) is 4.98 Å². The molecular weight excluding hydrogens is 438 g/mol. The minimum Gasteiger partial charge on any atom is -0.367 e. The molecule has 3 rings (SSSR count). The van der Waals surface area contributed by atoms with Crippen molar-refractivity contribution in [3.8, 4) is 0 Å². The fraction of sp³-hybridized carbons (Fsp3) is 0.400. The number of aromatic nitrogens is 1. The first-order valence-electron chi connectivity index (χ1n) is 9.40. The van der Waals surface area contributed by atoms with Gasteiger partial charge in [-0.05, 0) is 53.0 Å². The Balaban J connectivity index is 1.67. The van der Waals surface area contributed by atoms with Crippen molar-refractivity contribution in [3.05, 3.63) is 61.4 Å². The predicted molar refractivity (Wildman–Crippen MR) is 115 cm³/mol. The number of hydrogen-bond donors (Lipinski definition) is 1. The van der Waals surface area contributed by atoms with Crippen LogP contribution >= 0.6 is 15.9 Å². The van der Waals surface area contributed by atoms with Crippen LogP contribution < -0.4 is 10.2 Å². The van der Waals surface area contributed by atoms with Crippen molar-refractivity contribution in [3.63, 3.8) is 0 Å². The largest absolute Gasteiger partial charge is 0.367 e. The van der Waals surface area contributed by atoms with Gasteiger partial charge in [-0.15, -0.1) is 0 Å². The molecule has 1 N–H and O–H groups in total. The third-order valence-electron chi connectivity index (χ3n) is 5.15.